The molecule has 0 radical (unpaired) electrons. The number of aromatic nitrogens is 1. The highest BCUT2D eigenvalue weighted by atomic mass is 32.2. The summed E-state index contributed by atoms with van der Waals surface area (Å²) >= 11 is 2.05. The summed E-state index contributed by atoms with van der Waals surface area (Å²) in [5.41, 5.74) is 8.42. The minimum atomic E-state index is 0.322. The zero-order valence-electron chi connectivity index (χ0n) is 11.8. The predicted molar refractivity (Wildman–Crippen MR) is 87.0 cm³/mol. The maximum absolute atomic E-state index is 6.06. The van der Waals surface area contributed by atoms with Gasteiger partial charge in [-0.25, -0.2) is 0 Å². The molecule has 1 aromatic heterocycles. The van der Waals surface area contributed by atoms with Gasteiger partial charge in [0.05, 0.1) is 5.52 Å². The third-order valence-electron chi connectivity index (χ3n) is 3.95. The lowest BCUT2D eigenvalue weighted by atomic mass is 10.0. The van der Waals surface area contributed by atoms with Crippen LogP contribution in [0, 0.1) is 0 Å². The van der Waals surface area contributed by atoms with Crippen molar-refractivity contribution in [2.75, 3.05) is 25.4 Å². The van der Waals surface area contributed by atoms with Gasteiger partial charge in [-0.2, -0.15) is 11.8 Å². The summed E-state index contributed by atoms with van der Waals surface area (Å²) in [5, 5.41) is 1.89. The summed E-state index contributed by atoms with van der Waals surface area (Å²) in [6.07, 6.45) is 1.84. The predicted octanol–water partition coefficient (Wildman–Crippen LogP) is 2.67. The maximum atomic E-state index is 6.06. The average Bonchev–Trinajstić information content (AvgIpc) is 2.48. The van der Waals surface area contributed by atoms with Crippen LogP contribution in [0.5, 0.6) is 0 Å². The normalized spacial score (nSPS) is 22.0. The summed E-state index contributed by atoms with van der Waals surface area (Å²) < 4.78 is 0. The van der Waals surface area contributed by atoms with Crippen LogP contribution in [0.3, 0.4) is 0 Å². The number of thioether (sulfide) groups is 1. The molecular formula is C16H21N3S. The van der Waals surface area contributed by atoms with Crippen molar-refractivity contribution in [2.45, 2.75) is 18.2 Å². The minimum absolute atomic E-state index is 0.322. The van der Waals surface area contributed by atoms with Crippen LogP contribution in [-0.4, -0.2) is 40.5 Å². The molecule has 1 aliphatic heterocycles. The third kappa shape index (κ3) is 2.82. The van der Waals surface area contributed by atoms with Gasteiger partial charge in [-0.1, -0.05) is 19.1 Å². The number of nitrogens with two attached hydrogens (primary N) is 1. The summed E-state index contributed by atoms with van der Waals surface area (Å²) in [7, 11) is 0. The molecular weight excluding hydrogens is 266 g/mol. The highest BCUT2D eigenvalue weighted by Gasteiger charge is 2.24. The van der Waals surface area contributed by atoms with Crippen LogP contribution in [0.4, 0.5) is 0 Å². The first-order valence-corrected chi connectivity index (χ1v) is 8.23. The van der Waals surface area contributed by atoms with E-state index in [0.717, 1.165) is 18.6 Å². The van der Waals surface area contributed by atoms with Crippen LogP contribution in [0.25, 0.3) is 10.9 Å². The van der Waals surface area contributed by atoms with Gasteiger partial charge in [-0.3, -0.25) is 9.88 Å². The quantitative estimate of drug-likeness (QED) is 0.942. The van der Waals surface area contributed by atoms with Crippen molar-refractivity contribution in [3.63, 3.8) is 0 Å². The maximum Gasteiger partial charge on any atom is 0.0702 e. The Morgan fingerprint density at radius 3 is 3.15 bits per heavy atom. The molecule has 0 aliphatic carbocycles. The van der Waals surface area contributed by atoms with Gasteiger partial charge in [-0.15, -0.1) is 0 Å². The number of pyridine rings is 1. The van der Waals surface area contributed by atoms with E-state index < -0.39 is 0 Å². The molecule has 0 saturated carbocycles. The van der Waals surface area contributed by atoms with E-state index in [2.05, 4.69) is 52.8 Å². The van der Waals surface area contributed by atoms with E-state index in [1.54, 1.807) is 0 Å². The molecule has 106 valence electrons. The number of benzene rings is 1. The molecule has 2 aromatic rings. The molecule has 0 amide bonds. The summed E-state index contributed by atoms with van der Waals surface area (Å²) in [4.78, 5) is 6.91. The monoisotopic (exact) mass is 287 g/mol. The first-order valence-electron chi connectivity index (χ1n) is 7.18. The van der Waals surface area contributed by atoms with Gasteiger partial charge in [0.25, 0.3) is 0 Å². The van der Waals surface area contributed by atoms with Crippen LogP contribution in [0.15, 0.2) is 36.5 Å². The van der Waals surface area contributed by atoms with Crippen molar-refractivity contribution < 1.29 is 0 Å². The fourth-order valence-corrected chi connectivity index (χ4v) is 3.96. The number of hydrogen-bond acceptors (Lipinski definition) is 4. The zero-order valence-corrected chi connectivity index (χ0v) is 12.6. The van der Waals surface area contributed by atoms with Gasteiger partial charge >= 0.3 is 0 Å². The van der Waals surface area contributed by atoms with Gasteiger partial charge in [0.15, 0.2) is 0 Å². The van der Waals surface area contributed by atoms with E-state index in [0.29, 0.717) is 17.8 Å². The molecule has 0 bridgehead atoms. The molecule has 1 fully saturated rings. The number of rotatable bonds is 3. The summed E-state index contributed by atoms with van der Waals surface area (Å²) in [6, 6.07) is 11.0. The van der Waals surface area contributed by atoms with Crippen LogP contribution in [-0.2, 0) is 0 Å². The van der Waals surface area contributed by atoms with Crippen molar-refractivity contribution in [3.8, 4) is 0 Å². The zero-order chi connectivity index (χ0) is 13.9. The Hall–Kier alpha value is -1.10. The second kappa shape index (κ2) is 6.12. The van der Waals surface area contributed by atoms with Crippen LogP contribution in [0.1, 0.15) is 18.5 Å². The highest BCUT2D eigenvalue weighted by molar-refractivity contribution is 7.99. The molecule has 4 heteroatoms. The van der Waals surface area contributed by atoms with Crippen molar-refractivity contribution in [1.29, 1.82) is 0 Å². The SMILES string of the molecule is CC1CN(C(CN)c2ccc3ncccc3c2)CCS1. The molecule has 2 atom stereocenters. The standard InChI is InChI=1S/C16H21N3S/c1-12-11-19(7-8-20-12)16(10-17)14-4-5-15-13(9-14)3-2-6-18-15/h2-6,9,12,16H,7-8,10-11,17H2,1H3. The second-order valence-electron chi connectivity index (χ2n) is 5.38. The Morgan fingerprint density at radius 2 is 2.35 bits per heavy atom. The van der Waals surface area contributed by atoms with Crippen molar-refractivity contribution >= 4 is 22.7 Å². The number of nitrogens with zero attached hydrogens (tertiary/aromatic N) is 2. The highest BCUT2D eigenvalue weighted by Crippen LogP contribution is 2.28. The van der Waals surface area contributed by atoms with E-state index >= 15 is 0 Å². The van der Waals surface area contributed by atoms with E-state index in [-0.39, 0.29) is 0 Å². The van der Waals surface area contributed by atoms with E-state index in [9.17, 15) is 0 Å². The largest absolute Gasteiger partial charge is 0.329 e. The topological polar surface area (TPSA) is 42.1 Å². The van der Waals surface area contributed by atoms with E-state index in [4.69, 9.17) is 5.73 Å². The van der Waals surface area contributed by atoms with Crippen LogP contribution in [0.2, 0.25) is 0 Å². The van der Waals surface area contributed by atoms with Gasteiger partial charge in [0, 0.05) is 48.3 Å². The Balaban J connectivity index is 1.90. The molecule has 2 unspecified atom stereocenters. The van der Waals surface area contributed by atoms with Gasteiger partial charge in [0.2, 0.25) is 0 Å². The molecule has 3 rings (SSSR count). The minimum Gasteiger partial charge on any atom is -0.329 e. The second-order valence-corrected chi connectivity index (χ2v) is 6.93. The fourth-order valence-electron chi connectivity index (χ4n) is 2.93. The van der Waals surface area contributed by atoms with Crippen LogP contribution >= 0.6 is 11.8 Å². The Bertz CT molecular complexity index is 587. The van der Waals surface area contributed by atoms with Gasteiger partial charge in [-0.05, 0) is 23.8 Å². The Kier molecular flexibility index (Phi) is 4.24. The van der Waals surface area contributed by atoms with E-state index in [1.807, 2.05) is 12.3 Å². The third-order valence-corrected chi connectivity index (χ3v) is 5.08. The van der Waals surface area contributed by atoms with Crippen molar-refractivity contribution in [1.82, 2.24) is 9.88 Å². The first kappa shape index (κ1) is 13.9. The van der Waals surface area contributed by atoms with Gasteiger partial charge < -0.3 is 5.73 Å². The van der Waals surface area contributed by atoms with E-state index in [1.165, 1.54) is 16.7 Å². The molecule has 2 heterocycles. The van der Waals surface area contributed by atoms with Crippen molar-refractivity contribution in [2.24, 2.45) is 5.73 Å². The molecule has 20 heavy (non-hydrogen) atoms. The molecule has 1 aliphatic rings. The molecule has 2 N–H and O–H groups in total. The summed E-state index contributed by atoms with van der Waals surface area (Å²) in [5.74, 6) is 1.20. The molecule has 1 saturated heterocycles. The molecule has 1 aromatic carbocycles. The van der Waals surface area contributed by atoms with Crippen molar-refractivity contribution in [3.05, 3.63) is 42.1 Å². The van der Waals surface area contributed by atoms with Crippen LogP contribution < -0.4 is 5.73 Å². The average molecular weight is 287 g/mol. The smallest absolute Gasteiger partial charge is 0.0702 e. The lowest BCUT2D eigenvalue weighted by Crippen LogP contribution is -2.42. The number of hydrogen-bond donors (Lipinski definition) is 1. The molecule has 3 nitrogen and oxygen atoms in total. The number of fused-ring (bicyclic) bond motifs is 1. The molecule has 0 spiro atoms. The Labute approximate surface area is 124 Å². The lowest BCUT2D eigenvalue weighted by Gasteiger charge is -2.36. The fraction of sp³-hybridized carbons (Fsp3) is 0.438. The lowest BCUT2D eigenvalue weighted by molar-refractivity contribution is 0.211. The first-order chi connectivity index (χ1) is 9.78. The van der Waals surface area contributed by atoms with Gasteiger partial charge in [0.1, 0.15) is 0 Å². The Morgan fingerprint density at radius 1 is 1.45 bits per heavy atom. The summed E-state index contributed by atoms with van der Waals surface area (Å²) in [6.45, 7) is 5.22.